The van der Waals surface area contributed by atoms with Gasteiger partial charge in [-0.15, -0.1) is 0 Å². The number of halogens is 1. The van der Waals surface area contributed by atoms with E-state index in [0.29, 0.717) is 25.5 Å². The number of ether oxygens (including phenoxy) is 2. The fourth-order valence-electron chi connectivity index (χ4n) is 2.11. The Morgan fingerprint density at radius 2 is 2.15 bits per heavy atom. The number of carbonyl (C=O) groups is 1. The third-order valence-corrected chi connectivity index (χ3v) is 3.24. The van der Waals surface area contributed by atoms with E-state index >= 15 is 0 Å². The van der Waals surface area contributed by atoms with E-state index in [9.17, 15) is 9.18 Å². The normalized spacial score (nSPS) is 18.1. The SMILES string of the molecule is COCC1(NC(=O)C(F)Cc2ccc(N)cc2)COC1. The Morgan fingerprint density at radius 3 is 2.65 bits per heavy atom. The second kappa shape index (κ2) is 6.19. The zero-order chi connectivity index (χ0) is 14.6. The Morgan fingerprint density at radius 1 is 1.50 bits per heavy atom. The molecule has 110 valence electrons. The Hall–Kier alpha value is -1.66. The van der Waals surface area contributed by atoms with Gasteiger partial charge >= 0.3 is 0 Å². The highest BCUT2D eigenvalue weighted by Crippen LogP contribution is 2.18. The average Bonchev–Trinajstić information content (AvgIpc) is 2.38. The number of methoxy groups -OCH3 is 1. The van der Waals surface area contributed by atoms with Crippen LogP contribution in [-0.2, 0) is 20.7 Å². The summed E-state index contributed by atoms with van der Waals surface area (Å²) in [6.45, 7) is 1.01. The van der Waals surface area contributed by atoms with Gasteiger partial charge in [0.15, 0.2) is 6.17 Å². The number of hydrogen-bond acceptors (Lipinski definition) is 4. The molecule has 3 N–H and O–H groups in total. The first kappa shape index (κ1) is 14.7. The highest BCUT2D eigenvalue weighted by Gasteiger charge is 2.41. The largest absolute Gasteiger partial charge is 0.399 e. The maximum atomic E-state index is 14.0. The highest BCUT2D eigenvalue weighted by atomic mass is 19.1. The van der Waals surface area contributed by atoms with Crippen molar-refractivity contribution in [1.82, 2.24) is 5.32 Å². The van der Waals surface area contributed by atoms with Crippen LogP contribution in [0.5, 0.6) is 0 Å². The van der Waals surface area contributed by atoms with Gasteiger partial charge in [0.2, 0.25) is 0 Å². The second-order valence-corrected chi connectivity index (χ2v) is 5.11. The van der Waals surface area contributed by atoms with Crippen molar-refractivity contribution >= 4 is 11.6 Å². The van der Waals surface area contributed by atoms with Crippen molar-refractivity contribution in [2.24, 2.45) is 0 Å². The predicted molar refractivity (Wildman–Crippen MR) is 73.0 cm³/mol. The molecule has 1 amide bonds. The van der Waals surface area contributed by atoms with Crippen LogP contribution in [0.25, 0.3) is 0 Å². The number of alkyl halides is 1. The van der Waals surface area contributed by atoms with Gasteiger partial charge < -0.3 is 20.5 Å². The summed E-state index contributed by atoms with van der Waals surface area (Å²) in [5.74, 6) is -0.637. The first-order valence-electron chi connectivity index (χ1n) is 6.42. The Bertz CT molecular complexity index is 460. The number of carbonyl (C=O) groups excluding carboxylic acids is 1. The minimum absolute atomic E-state index is 0.0238. The molecule has 0 radical (unpaired) electrons. The molecule has 5 nitrogen and oxygen atoms in total. The van der Waals surface area contributed by atoms with E-state index in [-0.39, 0.29) is 6.42 Å². The van der Waals surface area contributed by atoms with Crippen LogP contribution in [0.3, 0.4) is 0 Å². The minimum Gasteiger partial charge on any atom is -0.399 e. The van der Waals surface area contributed by atoms with Crippen LogP contribution in [0.15, 0.2) is 24.3 Å². The van der Waals surface area contributed by atoms with Crippen LogP contribution < -0.4 is 11.1 Å². The van der Waals surface area contributed by atoms with E-state index in [1.54, 1.807) is 24.3 Å². The first-order valence-corrected chi connectivity index (χ1v) is 6.42. The molecule has 1 aromatic carbocycles. The predicted octanol–water partition coefficient (Wildman–Crippen LogP) is 0.681. The third-order valence-electron chi connectivity index (χ3n) is 3.24. The zero-order valence-corrected chi connectivity index (χ0v) is 11.4. The van der Waals surface area contributed by atoms with E-state index in [1.807, 2.05) is 0 Å². The van der Waals surface area contributed by atoms with Gasteiger partial charge in [-0.2, -0.15) is 0 Å². The minimum atomic E-state index is -1.60. The molecular formula is C14H19FN2O3. The molecule has 0 saturated carbocycles. The molecule has 0 aliphatic carbocycles. The summed E-state index contributed by atoms with van der Waals surface area (Å²) in [7, 11) is 1.54. The highest BCUT2D eigenvalue weighted by molar-refractivity contribution is 5.82. The van der Waals surface area contributed by atoms with Gasteiger partial charge in [-0.3, -0.25) is 4.79 Å². The van der Waals surface area contributed by atoms with Gasteiger partial charge in [0.05, 0.1) is 19.8 Å². The number of benzene rings is 1. The quantitative estimate of drug-likeness (QED) is 0.753. The fourth-order valence-corrected chi connectivity index (χ4v) is 2.11. The summed E-state index contributed by atoms with van der Waals surface area (Å²) < 4.78 is 24.1. The van der Waals surface area contributed by atoms with Crippen molar-refractivity contribution in [3.8, 4) is 0 Å². The Balaban J connectivity index is 1.90. The fraction of sp³-hybridized carbons (Fsp3) is 0.500. The molecule has 1 saturated heterocycles. The second-order valence-electron chi connectivity index (χ2n) is 5.11. The van der Waals surface area contributed by atoms with Crippen LogP contribution in [0.4, 0.5) is 10.1 Å². The molecule has 0 bridgehead atoms. The third kappa shape index (κ3) is 3.46. The summed E-state index contributed by atoms with van der Waals surface area (Å²) in [5.41, 5.74) is 6.31. The molecule has 1 unspecified atom stereocenters. The van der Waals surface area contributed by atoms with E-state index in [2.05, 4.69) is 5.32 Å². The monoisotopic (exact) mass is 282 g/mol. The molecule has 0 aromatic heterocycles. The molecule has 0 spiro atoms. The topological polar surface area (TPSA) is 73.6 Å². The van der Waals surface area contributed by atoms with Crippen LogP contribution >= 0.6 is 0 Å². The van der Waals surface area contributed by atoms with Gasteiger partial charge in [-0.05, 0) is 17.7 Å². The van der Waals surface area contributed by atoms with E-state index in [0.717, 1.165) is 5.56 Å². The van der Waals surface area contributed by atoms with Gasteiger partial charge in [0.25, 0.3) is 5.91 Å². The maximum Gasteiger partial charge on any atom is 0.255 e. The number of nitrogens with one attached hydrogen (secondary N) is 1. The van der Waals surface area contributed by atoms with Crippen molar-refractivity contribution in [3.05, 3.63) is 29.8 Å². The summed E-state index contributed by atoms with van der Waals surface area (Å²) in [6.07, 6.45) is -1.58. The molecule has 1 aromatic rings. The number of nitrogen functional groups attached to an aromatic ring is 1. The lowest BCUT2D eigenvalue weighted by molar-refractivity contribution is -0.143. The molecule has 20 heavy (non-hydrogen) atoms. The Kier molecular flexibility index (Phi) is 4.57. The molecule has 1 atom stereocenters. The van der Waals surface area contributed by atoms with Crippen molar-refractivity contribution in [2.45, 2.75) is 18.1 Å². The molecule has 6 heteroatoms. The molecule has 2 rings (SSSR count). The summed E-state index contributed by atoms with van der Waals surface area (Å²) in [6, 6.07) is 6.80. The van der Waals surface area contributed by atoms with Crippen LogP contribution in [0, 0.1) is 0 Å². The lowest BCUT2D eigenvalue weighted by Crippen LogP contribution is -2.66. The number of nitrogens with two attached hydrogens (primary N) is 1. The summed E-state index contributed by atoms with van der Waals surface area (Å²) in [4.78, 5) is 11.9. The van der Waals surface area contributed by atoms with Crippen molar-refractivity contribution < 1.29 is 18.7 Å². The van der Waals surface area contributed by atoms with Gasteiger partial charge in [-0.1, -0.05) is 12.1 Å². The number of hydrogen-bond donors (Lipinski definition) is 2. The average molecular weight is 282 g/mol. The maximum absolute atomic E-state index is 14.0. The molecular weight excluding hydrogens is 263 g/mol. The van der Waals surface area contributed by atoms with Gasteiger partial charge in [-0.25, -0.2) is 4.39 Å². The Labute approximate surface area is 117 Å². The van der Waals surface area contributed by atoms with Crippen molar-refractivity contribution in [3.63, 3.8) is 0 Å². The van der Waals surface area contributed by atoms with Crippen LogP contribution in [-0.4, -0.2) is 44.5 Å². The van der Waals surface area contributed by atoms with Gasteiger partial charge in [0, 0.05) is 19.2 Å². The van der Waals surface area contributed by atoms with E-state index in [1.165, 1.54) is 7.11 Å². The zero-order valence-electron chi connectivity index (χ0n) is 11.4. The number of anilines is 1. The van der Waals surface area contributed by atoms with E-state index < -0.39 is 17.6 Å². The van der Waals surface area contributed by atoms with Gasteiger partial charge in [0.1, 0.15) is 5.54 Å². The first-order chi connectivity index (χ1) is 9.54. The van der Waals surface area contributed by atoms with Crippen molar-refractivity contribution in [2.75, 3.05) is 32.7 Å². The molecule has 1 aliphatic heterocycles. The van der Waals surface area contributed by atoms with Crippen LogP contribution in [0.2, 0.25) is 0 Å². The van der Waals surface area contributed by atoms with Crippen molar-refractivity contribution in [1.29, 1.82) is 0 Å². The standard InChI is InChI=1S/C14H19FN2O3/c1-19-7-14(8-20-9-14)17-13(18)12(15)6-10-2-4-11(16)5-3-10/h2-5,12H,6-9,16H2,1H3,(H,17,18). The smallest absolute Gasteiger partial charge is 0.255 e. The molecule has 1 aliphatic rings. The molecule has 1 fully saturated rings. The van der Waals surface area contributed by atoms with Crippen LogP contribution in [0.1, 0.15) is 5.56 Å². The van der Waals surface area contributed by atoms with E-state index in [4.69, 9.17) is 15.2 Å². The lowest BCUT2D eigenvalue weighted by atomic mass is 9.97. The summed E-state index contributed by atoms with van der Waals surface area (Å²) >= 11 is 0. The molecule has 1 heterocycles. The number of rotatable bonds is 6. The number of amides is 1. The summed E-state index contributed by atoms with van der Waals surface area (Å²) in [5, 5.41) is 2.67. The lowest BCUT2D eigenvalue weighted by Gasteiger charge is -2.41.